The molecule has 0 unspecified atom stereocenters. The molecule has 2 aromatic heterocycles. The maximum Gasteiger partial charge on any atom is 0.210 e. The van der Waals surface area contributed by atoms with Crippen molar-refractivity contribution in [1.82, 2.24) is 19.9 Å². The highest BCUT2D eigenvalue weighted by atomic mass is 32.2. The van der Waals surface area contributed by atoms with Crippen molar-refractivity contribution >= 4 is 11.8 Å². The SMILES string of the molecule is Nn1c(SCc2cccc(F)c2)nnc1-c1ccccn1. The van der Waals surface area contributed by atoms with Gasteiger partial charge in [-0.25, -0.2) is 9.07 Å². The second-order valence-electron chi connectivity index (χ2n) is 4.31. The van der Waals surface area contributed by atoms with E-state index in [-0.39, 0.29) is 5.82 Å². The molecular formula is C14H12FN5S. The number of halogens is 1. The molecule has 3 aromatic rings. The van der Waals surface area contributed by atoms with Crippen molar-refractivity contribution in [2.75, 3.05) is 5.84 Å². The van der Waals surface area contributed by atoms with Crippen LogP contribution >= 0.6 is 11.8 Å². The fourth-order valence-corrected chi connectivity index (χ4v) is 2.62. The molecule has 0 fully saturated rings. The van der Waals surface area contributed by atoms with Crippen LogP contribution in [0.2, 0.25) is 0 Å². The molecule has 3 rings (SSSR count). The van der Waals surface area contributed by atoms with E-state index in [1.165, 1.54) is 28.6 Å². The maximum absolute atomic E-state index is 13.1. The van der Waals surface area contributed by atoms with Crippen molar-refractivity contribution in [2.45, 2.75) is 10.9 Å². The number of aromatic nitrogens is 4. The molecule has 5 nitrogen and oxygen atoms in total. The highest BCUT2D eigenvalue weighted by Crippen LogP contribution is 2.23. The first kappa shape index (κ1) is 13.6. The number of hydrogen-bond donors (Lipinski definition) is 1. The first-order chi connectivity index (χ1) is 10.2. The first-order valence-corrected chi connectivity index (χ1v) is 7.22. The molecule has 21 heavy (non-hydrogen) atoms. The van der Waals surface area contributed by atoms with Gasteiger partial charge in [0.05, 0.1) is 0 Å². The summed E-state index contributed by atoms with van der Waals surface area (Å²) >= 11 is 1.39. The highest BCUT2D eigenvalue weighted by molar-refractivity contribution is 7.98. The zero-order valence-electron chi connectivity index (χ0n) is 11.0. The fourth-order valence-electron chi connectivity index (χ4n) is 1.82. The van der Waals surface area contributed by atoms with E-state index in [2.05, 4.69) is 15.2 Å². The minimum atomic E-state index is -0.253. The molecule has 0 aliphatic rings. The molecule has 2 N–H and O–H groups in total. The smallest absolute Gasteiger partial charge is 0.210 e. The molecule has 0 saturated carbocycles. The summed E-state index contributed by atoms with van der Waals surface area (Å²) in [7, 11) is 0. The normalized spacial score (nSPS) is 10.7. The van der Waals surface area contributed by atoms with Crippen LogP contribution in [-0.2, 0) is 5.75 Å². The Hall–Kier alpha value is -2.41. The quantitative estimate of drug-likeness (QED) is 0.592. The molecule has 0 atom stereocenters. The Kier molecular flexibility index (Phi) is 3.83. The molecule has 7 heteroatoms. The van der Waals surface area contributed by atoms with Crippen LogP contribution in [-0.4, -0.2) is 19.9 Å². The van der Waals surface area contributed by atoms with Gasteiger partial charge < -0.3 is 5.84 Å². The van der Waals surface area contributed by atoms with E-state index in [9.17, 15) is 4.39 Å². The average Bonchev–Trinajstić information content (AvgIpc) is 2.87. The standard InChI is InChI=1S/C14H12FN5S/c15-11-5-3-4-10(8-11)9-21-14-19-18-13(20(14)16)12-6-1-2-7-17-12/h1-8H,9,16H2. The largest absolute Gasteiger partial charge is 0.335 e. The predicted octanol–water partition coefficient (Wildman–Crippen LogP) is 2.49. The number of nitrogens with zero attached hydrogens (tertiary/aromatic N) is 4. The zero-order chi connectivity index (χ0) is 14.7. The molecule has 0 bridgehead atoms. The van der Waals surface area contributed by atoms with Gasteiger partial charge in [0, 0.05) is 11.9 Å². The van der Waals surface area contributed by atoms with Crippen LogP contribution in [0, 0.1) is 5.82 Å². The van der Waals surface area contributed by atoms with Crippen molar-refractivity contribution in [3.8, 4) is 11.5 Å². The van der Waals surface area contributed by atoms with Crippen molar-refractivity contribution in [1.29, 1.82) is 0 Å². The number of thioether (sulfide) groups is 1. The Labute approximate surface area is 125 Å². The Morgan fingerprint density at radius 1 is 1.14 bits per heavy atom. The molecule has 0 radical (unpaired) electrons. The van der Waals surface area contributed by atoms with Gasteiger partial charge in [-0.05, 0) is 29.8 Å². The third kappa shape index (κ3) is 3.03. The number of rotatable bonds is 4. The van der Waals surface area contributed by atoms with Gasteiger partial charge in [0.15, 0.2) is 0 Å². The van der Waals surface area contributed by atoms with Crippen LogP contribution in [0.1, 0.15) is 5.56 Å². The van der Waals surface area contributed by atoms with Gasteiger partial charge >= 0.3 is 0 Å². The Morgan fingerprint density at radius 2 is 2.05 bits per heavy atom. The number of nitrogens with two attached hydrogens (primary N) is 1. The molecule has 106 valence electrons. The van der Waals surface area contributed by atoms with Crippen LogP contribution in [0.4, 0.5) is 4.39 Å². The second-order valence-corrected chi connectivity index (χ2v) is 5.25. The Balaban J connectivity index is 1.77. The van der Waals surface area contributed by atoms with Crippen molar-refractivity contribution < 1.29 is 4.39 Å². The average molecular weight is 301 g/mol. The van der Waals surface area contributed by atoms with Gasteiger partial charge in [-0.2, -0.15) is 0 Å². The van der Waals surface area contributed by atoms with E-state index in [0.29, 0.717) is 22.4 Å². The number of hydrogen-bond acceptors (Lipinski definition) is 5. The summed E-state index contributed by atoms with van der Waals surface area (Å²) in [5.41, 5.74) is 1.52. The highest BCUT2D eigenvalue weighted by Gasteiger charge is 2.12. The number of benzene rings is 1. The molecule has 0 spiro atoms. The van der Waals surface area contributed by atoms with Crippen LogP contribution in [0.3, 0.4) is 0 Å². The zero-order valence-corrected chi connectivity index (χ0v) is 11.8. The van der Waals surface area contributed by atoms with Gasteiger partial charge in [-0.1, -0.05) is 30.0 Å². The molecule has 0 saturated heterocycles. The summed E-state index contributed by atoms with van der Waals surface area (Å²) in [6, 6.07) is 11.9. The van der Waals surface area contributed by atoms with E-state index < -0.39 is 0 Å². The summed E-state index contributed by atoms with van der Waals surface area (Å²) in [5, 5.41) is 8.65. The molecule has 1 aromatic carbocycles. The lowest BCUT2D eigenvalue weighted by Crippen LogP contribution is -2.12. The fraction of sp³-hybridized carbons (Fsp3) is 0.0714. The molecule has 0 aliphatic carbocycles. The van der Waals surface area contributed by atoms with Gasteiger partial charge in [-0.15, -0.1) is 10.2 Å². The number of nitrogen functional groups attached to an aromatic ring is 1. The minimum Gasteiger partial charge on any atom is -0.335 e. The lowest BCUT2D eigenvalue weighted by molar-refractivity contribution is 0.626. The monoisotopic (exact) mass is 301 g/mol. The van der Waals surface area contributed by atoms with Crippen LogP contribution in [0.5, 0.6) is 0 Å². The Bertz CT molecular complexity index is 744. The summed E-state index contributed by atoms with van der Waals surface area (Å²) < 4.78 is 14.5. The molecule has 0 amide bonds. The van der Waals surface area contributed by atoms with Crippen LogP contribution in [0.15, 0.2) is 53.8 Å². The molecular weight excluding hydrogens is 289 g/mol. The second kappa shape index (κ2) is 5.92. The van der Waals surface area contributed by atoms with Crippen molar-refractivity contribution in [3.63, 3.8) is 0 Å². The number of pyridine rings is 1. The predicted molar refractivity (Wildman–Crippen MR) is 79.4 cm³/mol. The third-order valence-electron chi connectivity index (χ3n) is 2.82. The molecule has 2 heterocycles. The van der Waals surface area contributed by atoms with E-state index in [1.807, 2.05) is 24.3 Å². The summed E-state index contributed by atoms with van der Waals surface area (Å²) in [5.74, 6) is 6.80. The van der Waals surface area contributed by atoms with Crippen molar-refractivity contribution in [2.24, 2.45) is 0 Å². The Morgan fingerprint density at radius 3 is 2.81 bits per heavy atom. The maximum atomic E-state index is 13.1. The van der Waals surface area contributed by atoms with Crippen molar-refractivity contribution in [3.05, 3.63) is 60.0 Å². The van der Waals surface area contributed by atoms with Crippen LogP contribution in [0.25, 0.3) is 11.5 Å². The van der Waals surface area contributed by atoms with E-state index in [1.54, 1.807) is 12.3 Å². The lowest BCUT2D eigenvalue weighted by Gasteiger charge is -2.03. The van der Waals surface area contributed by atoms with Gasteiger partial charge in [0.2, 0.25) is 11.0 Å². The van der Waals surface area contributed by atoms with Gasteiger partial charge in [-0.3, -0.25) is 4.98 Å². The lowest BCUT2D eigenvalue weighted by atomic mass is 10.2. The topological polar surface area (TPSA) is 69.6 Å². The van der Waals surface area contributed by atoms with Gasteiger partial charge in [0.25, 0.3) is 0 Å². The van der Waals surface area contributed by atoms with E-state index >= 15 is 0 Å². The van der Waals surface area contributed by atoms with E-state index in [4.69, 9.17) is 5.84 Å². The summed E-state index contributed by atoms with van der Waals surface area (Å²) in [6.45, 7) is 0. The van der Waals surface area contributed by atoms with Gasteiger partial charge in [0.1, 0.15) is 11.5 Å². The first-order valence-electron chi connectivity index (χ1n) is 6.23. The van der Waals surface area contributed by atoms with E-state index in [0.717, 1.165) is 5.56 Å². The van der Waals surface area contributed by atoms with Crippen LogP contribution < -0.4 is 5.84 Å². The minimum absolute atomic E-state index is 0.253. The summed E-state index contributed by atoms with van der Waals surface area (Å²) in [4.78, 5) is 4.19. The molecule has 0 aliphatic heterocycles. The summed E-state index contributed by atoms with van der Waals surface area (Å²) in [6.07, 6.45) is 1.67. The third-order valence-corrected chi connectivity index (χ3v) is 3.83.